The minimum Gasteiger partial charge on any atom is -0.464 e. The molecule has 134 valence electrons. The van der Waals surface area contributed by atoms with E-state index in [-0.39, 0.29) is 0 Å². The average molecular weight is 355 g/mol. The fourth-order valence-corrected chi connectivity index (χ4v) is 4.00. The Bertz CT molecular complexity index is 1120. The van der Waals surface area contributed by atoms with Gasteiger partial charge in [0.25, 0.3) is 0 Å². The first-order valence-electron chi connectivity index (χ1n) is 9.44. The first-order valence-corrected chi connectivity index (χ1v) is 9.44. The van der Waals surface area contributed by atoms with Gasteiger partial charge in [-0.2, -0.15) is 0 Å². The van der Waals surface area contributed by atoms with Gasteiger partial charge in [0.15, 0.2) is 0 Å². The van der Waals surface area contributed by atoms with Crippen LogP contribution in [0.4, 0.5) is 5.82 Å². The van der Waals surface area contributed by atoms with Crippen LogP contribution in [-0.4, -0.2) is 9.97 Å². The lowest BCUT2D eigenvalue weighted by molar-refractivity contribution is 0.598. The van der Waals surface area contributed by atoms with E-state index in [1.807, 2.05) is 31.2 Å². The molecule has 27 heavy (non-hydrogen) atoms. The summed E-state index contributed by atoms with van der Waals surface area (Å²) < 4.78 is 5.44. The van der Waals surface area contributed by atoms with Crippen molar-refractivity contribution in [1.29, 1.82) is 0 Å². The summed E-state index contributed by atoms with van der Waals surface area (Å²) in [4.78, 5) is 9.29. The number of nitrogens with zero attached hydrogens (tertiary/aromatic N) is 2. The van der Waals surface area contributed by atoms with Crippen molar-refractivity contribution >= 4 is 16.8 Å². The molecule has 0 radical (unpaired) electrons. The largest absolute Gasteiger partial charge is 0.464 e. The topological polar surface area (TPSA) is 51.0 Å². The summed E-state index contributed by atoms with van der Waals surface area (Å²) in [6.45, 7) is 1.94. The fourth-order valence-electron chi connectivity index (χ4n) is 4.00. The monoisotopic (exact) mass is 355 g/mol. The molecule has 0 saturated heterocycles. The number of anilines is 1. The summed E-state index contributed by atoms with van der Waals surface area (Å²) in [5, 5.41) is 4.73. The molecule has 0 saturated carbocycles. The van der Waals surface area contributed by atoms with Crippen molar-refractivity contribution in [2.24, 2.45) is 0 Å². The van der Waals surface area contributed by atoms with Gasteiger partial charge in [-0.05, 0) is 61.6 Å². The quantitative estimate of drug-likeness (QED) is 0.513. The Balaban J connectivity index is 1.49. The van der Waals surface area contributed by atoms with Crippen molar-refractivity contribution in [1.82, 2.24) is 9.97 Å². The maximum Gasteiger partial charge on any atom is 0.133 e. The van der Waals surface area contributed by atoms with Crippen LogP contribution in [0.3, 0.4) is 0 Å². The van der Waals surface area contributed by atoms with Crippen LogP contribution < -0.4 is 5.32 Å². The standard InChI is InChI=1S/C23H21N3O/c1-15-24-21(17-9-10-22-18(13-17)11-12-27-22)14-23(25-15)26-20-8-4-6-16-5-2-3-7-19(16)20/h2-3,5,7,9-14,20H,4,6,8H2,1H3,(H,24,25,26)/t20-/m1/s1. The van der Waals surface area contributed by atoms with Crippen molar-refractivity contribution in [2.45, 2.75) is 32.2 Å². The molecule has 4 aromatic rings. The zero-order valence-corrected chi connectivity index (χ0v) is 15.3. The number of aryl methyl sites for hydroxylation is 2. The summed E-state index contributed by atoms with van der Waals surface area (Å²) >= 11 is 0. The molecule has 2 heterocycles. The number of aromatic nitrogens is 2. The fraction of sp³-hybridized carbons (Fsp3) is 0.217. The SMILES string of the molecule is Cc1nc(N[C@@H]2CCCc3ccccc32)cc(-c2ccc3occc3c2)n1. The number of furan rings is 1. The van der Waals surface area contributed by atoms with E-state index in [0.29, 0.717) is 6.04 Å². The molecule has 0 unspecified atom stereocenters. The van der Waals surface area contributed by atoms with E-state index in [1.54, 1.807) is 6.26 Å². The lowest BCUT2D eigenvalue weighted by Crippen LogP contribution is -2.18. The molecule has 0 bridgehead atoms. The highest BCUT2D eigenvalue weighted by Crippen LogP contribution is 2.33. The van der Waals surface area contributed by atoms with Gasteiger partial charge < -0.3 is 9.73 Å². The summed E-state index contributed by atoms with van der Waals surface area (Å²) in [7, 11) is 0. The molecular formula is C23H21N3O. The van der Waals surface area contributed by atoms with E-state index in [0.717, 1.165) is 46.7 Å². The number of benzene rings is 2. The molecular weight excluding hydrogens is 334 g/mol. The molecule has 2 aromatic carbocycles. The first kappa shape index (κ1) is 16.1. The maximum atomic E-state index is 5.44. The Morgan fingerprint density at radius 2 is 1.96 bits per heavy atom. The Morgan fingerprint density at radius 1 is 1.04 bits per heavy atom. The number of fused-ring (bicyclic) bond motifs is 2. The zero-order valence-electron chi connectivity index (χ0n) is 15.3. The average Bonchev–Trinajstić information content (AvgIpc) is 3.16. The van der Waals surface area contributed by atoms with E-state index >= 15 is 0 Å². The Labute approximate surface area is 158 Å². The van der Waals surface area contributed by atoms with Crippen LogP contribution in [-0.2, 0) is 6.42 Å². The molecule has 1 atom stereocenters. The number of nitrogens with one attached hydrogen (secondary N) is 1. The summed E-state index contributed by atoms with van der Waals surface area (Å²) in [6.07, 6.45) is 5.19. The van der Waals surface area contributed by atoms with Gasteiger partial charge in [0.05, 0.1) is 18.0 Å². The predicted octanol–water partition coefficient (Wildman–Crippen LogP) is 5.69. The highest BCUT2D eigenvalue weighted by molar-refractivity contribution is 5.83. The van der Waals surface area contributed by atoms with Crippen molar-refractivity contribution in [3.05, 3.63) is 77.8 Å². The molecule has 0 fully saturated rings. The summed E-state index contributed by atoms with van der Waals surface area (Å²) in [5.41, 5.74) is 5.72. The second-order valence-electron chi connectivity index (χ2n) is 7.15. The van der Waals surface area contributed by atoms with Crippen LogP contribution in [0.1, 0.15) is 35.8 Å². The Kier molecular flexibility index (Phi) is 3.89. The van der Waals surface area contributed by atoms with Gasteiger partial charge in [-0.25, -0.2) is 9.97 Å². The third-order valence-corrected chi connectivity index (χ3v) is 5.28. The molecule has 5 rings (SSSR count). The highest BCUT2D eigenvalue weighted by Gasteiger charge is 2.20. The zero-order chi connectivity index (χ0) is 18.2. The van der Waals surface area contributed by atoms with Crippen LogP contribution in [0.5, 0.6) is 0 Å². The van der Waals surface area contributed by atoms with E-state index in [9.17, 15) is 0 Å². The first-order chi connectivity index (χ1) is 13.3. The maximum absolute atomic E-state index is 5.44. The van der Waals surface area contributed by atoms with E-state index in [1.165, 1.54) is 17.5 Å². The number of rotatable bonds is 3. The van der Waals surface area contributed by atoms with Gasteiger partial charge in [-0.1, -0.05) is 24.3 Å². The second kappa shape index (κ2) is 6.54. The normalized spacial score (nSPS) is 16.3. The van der Waals surface area contributed by atoms with Gasteiger partial charge >= 0.3 is 0 Å². The van der Waals surface area contributed by atoms with Crippen LogP contribution in [0.15, 0.2) is 65.3 Å². The highest BCUT2D eigenvalue weighted by atomic mass is 16.3. The van der Waals surface area contributed by atoms with Gasteiger partial charge in [-0.3, -0.25) is 0 Å². The van der Waals surface area contributed by atoms with E-state index in [4.69, 9.17) is 4.42 Å². The van der Waals surface area contributed by atoms with Crippen molar-refractivity contribution in [3.63, 3.8) is 0 Å². The van der Waals surface area contributed by atoms with E-state index < -0.39 is 0 Å². The van der Waals surface area contributed by atoms with Gasteiger partial charge in [0, 0.05) is 17.0 Å². The molecule has 0 aliphatic heterocycles. The van der Waals surface area contributed by atoms with E-state index in [2.05, 4.69) is 45.6 Å². The van der Waals surface area contributed by atoms with Gasteiger partial charge in [-0.15, -0.1) is 0 Å². The van der Waals surface area contributed by atoms with Crippen molar-refractivity contribution < 1.29 is 4.42 Å². The summed E-state index contributed by atoms with van der Waals surface area (Å²) in [5.74, 6) is 1.65. The molecule has 2 aromatic heterocycles. The van der Waals surface area contributed by atoms with Crippen molar-refractivity contribution in [2.75, 3.05) is 5.32 Å². The smallest absolute Gasteiger partial charge is 0.133 e. The van der Waals surface area contributed by atoms with Crippen LogP contribution in [0, 0.1) is 6.92 Å². The third-order valence-electron chi connectivity index (χ3n) is 5.28. The lowest BCUT2D eigenvalue weighted by atomic mass is 9.88. The van der Waals surface area contributed by atoms with Gasteiger partial charge in [0.1, 0.15) is 17.2 Å². The molecule has 4 nitrogen and oxygen atoms in total. The predicted molar refractivity (Wildman–Crippen MR) is 108 cm³/mol. The summed E-state index contributed by atoms with van der Waals surface area (Å²) in [6, 6.07) is 19.2. The Hall–Kier alpha value is -3.14. The molecule has 4 heteroatoms. The second-order valence-corrected chi connectivity index (χ2v) is 7.15. The third kappa shape index (κ3) is 3.08. The van der Waals surface area contributed by atoms with Crippen LogP contribution in [0.2, 0.25) is 0 Å². The molecule has 0 spiro atoms. The van der Waals surface area contributed by atoms with Crippen LogP contribution >= 0.6 is 0 Å². The minimum atomic E-state index is 0.299. The minimum absolute atomic E-state index is 0.299. The van der Waals surface area contributed by atoms with Crippen LogP contribution in [0.25, 0.3) is 22.2 Å². The molecule has 1 aliphatic carbocycles. The number of hydrogen-bond donors (Lipinski definition) is 1. The Morgan fingerprint density at radius 3 is 2.93 bits per heavy atom. The number of hydrogen-bond acceptors (Lipinski definition) is 4. The van der Waals surface area contributed by atoms with Gasteiger partial charge in [0.2, 0.25) is 0 Å². The molecule has 0 amide bonds. The lowest BCUT2D eigenvalue weighted by Gasteiger charge is -2.27. The molecule has 1 aliphatic rings. The molecule has 1 N–H and O–H groups in total. The van der Waals surface area contributed by atoms with Crippen molar-refractivity contribution in [3.8, 4) is 11.3 Å².